The molecule has 126 valence electrons. The van der Waals surface area contributed by atoms with Crippen molar-refractivity contribution in [3.8, 4) is 0 Å². The maximum absolute atomic E-state index is 12.5. The van der Waals surface area contributed by atoms with Gasteiger partial charge in [0.2, 0.25) is 5.91 Å². The molecule has 2 fully saturated rings. The third-order valence-electron chi connectivity index (χ3n) is 4.77. The number of hydrogen-bond donors (Lipinski definition) is 2. The highest BCUT2D eigenvalue weighted by molar-refractivity contribution is 7.12. The fraction of sp³-hybridized carbons (Fsp3) is 0.647. The average Bonchev–Trinajstić information content (AvgIpc) is 3.28. The number of nitrogens with one attached hydrogen (secondary N) is 1. The standard InChI is InChI=1S/C17H24N2O3S/c20-9-7-14(12-5-6-12)18-16(21)13-3-1-8-19(11-13)17(22)15-4-2-10-23-15/h2,4,10,12-14,20H,1,3,5-9,11H2,(H,18,21). The first kappa shape index (κ1) is 16.5. The molecule has 2 atom stereocenters. The van der Waals surface area contributed by atoms with E-state index >= 15 is 0 Å². The second-order valence-electron chi connectivity index (χ2n) is 6.53. The van der Waals surface area contributed by atoms with E-state index in [-0.39, 0.29) is 30.4 Å². The molecular formula is C17H24N2O3S. The highest BCUT2D eigenvalue weighted by atomic mass is 32.1. The molecule has 1 aliphatic carbocycles. The van der Waals surface area contributed by atoms with Crippen LogP contribution in [0.2, 0.25) is 0 Å². The third kappa shape index (κ3) is 4.12. The summed E-state index contributed by atoms with van der Waals surface area (Å²) in [7, 11) is 0. The predicted molar refractivity (Wildman–Crippen MR) is 89.3 cm³/mol. The highest BCUT2D eigenvalue weighted by Crippen LogP contribution is 2.34. The number of aliphatic hydroxyl groups excluding tert-OH is 1. The number of piperidine rings is 1. The molecule has 1 saturated carbocycles. The van der Waals surface area contributed by atoms with Crippen molar-refractivity contribution in [2.75, 3.05) is 19.7 Å². The van der Waals surface area contributed by atoms with E-state index in [2.05, 4.69) is 5.32 Å². The Morgan fingerprint density at radius 3 is 2.87 bits per heavy atom. The zero-order valence-corrected chi connectivity index (χ0v) is 14.1. The van der Waals surface area contributed by atoms with Gasteiger partial charge in [-0.1, -0.05) is 6.07 Å². The van der Waals surface area contributed by atoms with Crippen LogP contribution in [-0.2, 0) is 4.79 Å². The average molecular weight is 336 g/mol. The van der Waals surface area contributed by atoms with Crippen LogP contribution < -0.4 is 5.32 Å². The van der Waals surface area contributed by atoms with Crippen molar-refractivity contribution in [1.82, 2.24) is 10.2 Å². The lowest BCUT2D eigenvalue weighted by Crippen LogP contribution is -2.48. The lowest BCUT2D eigenvalue weighted by molar-refractivity contribution is -0.127. The molecule has 6 heteroatoms. The van der Waals surface area contributed by atoms with Gasteiger partial charge < -0.3 is 15.3 Å². The van der Waals surface area contributed by atoms with Crippen LogP contribution in [0.15, 0.2) is 17.5 Å². The Kier molecular flexibility index (Phi) is 5.33. The molecule has 3 rings (SSSR count). The van der Waals surface area contributed by atoms with Crippen LogP contribution in [0.1, 0.15) is 41.8 Å². The molecule has 1 aromatic heterocycles. The summed E-state index contributed by atoms with van der Waals surface area (Å²) >= 11 is 1.44. The number of thiophene rings is 1. The summed E-state index contributed by atoms with van der Waals surface area (Å²) in [5.74, 6) is 0.469. The summed E-state index contributed by atoms with van der Waals surface area (Å²) in [5, 5.41) is 14.2. The smallest absolute Gasteiger partial charge is 0.263 e. The van der Waals surface area contributed by atoms with Crippen molar-refractivity contribution in [1.29, 1.82) is 0 Å². The van der Waals surface area contributed by atoms with Crippen LogP contribution in [0.4, 0.5) is 0 Å². The summed E-state index contributed by atoms with van der Waals surface area (Å²) in [6.07, 6.45) is 4.60. The molecule has 2 heterocycles. The van der Waals surface area contributed by atoms with E-state index in [1.54, 1.807) is 4.90 Å². The Labute approximate surface area is 140 Å². The Bertz CT molecular complexity index is 542. The summed E-state index contributed by atoms with van der Waals surface area (Å²) in [6.45, 7) is 1.33. The molecule has 5 nitrogen and oxygen atoms in total. The van der Waals surface area contributed by atoms with Crippen molar-refractivity contribution >= 4 is 23.2 Å². The van der Waals surface area contributed by atoms with Gasteiger partial charge in [-0.2, -0.15) is 0 Å². The first-order valence-electron chi connectivity index (χ1n) is 8.43. The Hall–Kier alpha value is -1.40. The van der Waals surface area contributed by atoms with Crippen molar-refractivity contribution in [3.63, 3.8) is 0 Å². The van der Waals surface area contributed by atoms with E-state index in [1.807, 2.05) is 17.5 Å². The quantitative estimate of drug-likeness (QED) is 0.833. The molecule has 1 aromatic rings. The van der Waals surface area contributed by atoms with Gasteiger partial charge in [0.25, 0.3) is 5.91 Å². The van der Waals surface area contributed by atoms with E-state index < -0.39 is 0 Å². The number of rotatable bonds is 6. The van der Waals surface area contributed by atoms with Crippen LogP contribution in [0.25, 0.3) is 0 Å². The van der Waals surface area contributed by atoms with Crippen LogP contribution in [0.3, 0.4) is 0 Å². The van der Waals surface area contributed by atoms with Gasteiger partial charge in [0, 0.05) is 25.7 Å². The van der Waals surface area contributed by atoms with Gasteiger partial charge in [-0.15, -0.1) is 11.3 Å². The van der Waals surface area contributed by atoms with Crippen molar-refractivity contribution in [3.05, 3.63) is 22.4 Å². The largest absolute Gasteiger partial charge is 0.396 e. The van der Waals surface area contributed by atoms with Crippen LogP contribution in [0.5, 0.6) is 0 Å². The molecule has 1 saturated heterocycles. The zero-order valence-electron chi connectivity index (χ0n) is 13.2. The number of carbonyl (C=O) groups is 2. The monoisotopic (exact) mass is 336 g/mol. The number of carbonyl (C=O) groups excluding carboxylic acids is 2. The summed E-state index contributed by atoms with van der Waals surface area (Å²) in [4.78, 5) is 27.5. The van der Waals surface area contributed by atoms with Crippen molar-refractivity contribution in [2.24, 2.45) is 11.8 Å². The number of hydrogen-bond acceptors (Lipinski definition) is 4. The minimum absolute atomic E-state index is 0.0339. The first-order chi connectivity index (χ1) is 11.2. The molecule has 2 aliphatic rings. The fourth-order valence-corrected chi connectivity index (χ4v) is 3.99. The fourth-order valence-electron chi connectivity index (χ4n) is 3.30. The van der Waals surface area contributed by atoms with Crippen molar-refractivity contribution < 1.29 is 14.7 Å². The van der Waals surface area contributed by atoms with E-state index in [0.29, 0.717) is 18.9 Å². The van der Waals surface area contributed by atoms with Gasteiger partial charge in [0.1, 0.15) is 0 Å². The van der Waals surface area contributed by atoms with E-state index in [0.717, 1.165) is 37.1 Å². The van der Waals surface area contributed by atoms with Crippen molar-refractivity contribution in [2.45, 2.75) is 38.1 Å². The topological polar surface area (TPSA) is 69.6 Å². The summed E-state index contributed by atoms with van der Waals surface area (Å²) in [6, 6.07) is 3.80. The second kappa shape index (κ2) is 7.45. The minimum atomic E-state index is -0.132. The number of aliphatic hydroxyl groups is 1. The highest BCUT2D eigenvalue weighted by Gasteiger charge is 2.35. The Morgan fingerprint density at radius 2 is 2.22 bits per heavy atom. The molecule has 0 aromatic carbocycles. The molecule has 23 heavy (non-hydrogen) atoms. The Morgan fingerprint density at radius 1 is 1.39 bits per heavy atom. The van der Waals surface area contributed by atoms with Gasteiger partial charge >= 0.3 is 0 Å². The van der Waals surface area contributed by atoms with Crippen LogP contribution >= 0.6 is 11.3 Å². The summed E-state index contributed by atoms with van der Waals surface area (Å²) < 4.78 is 0. The molecule has 0 radical (unpaired) electrons. The van der Waals surface area contributed by atoms with Crippen LogP contribution in [0, 0.1) is 11.8 Å². The Balaban J connectivity index is 1.57. The molecular weight excluding hydrogens is 312 g/mol. The maximum Gasteiger partial charge on any atom is 0.263 e. The molecule has 2 amide bonds. The van der Waals surface area contributed by atoms with Gasteiger partial charge in [-0.25, -0.2) is 0 Å². The second-order valence-corrected chi connectivity index (χ2v) is 7.48. The number of amides is 2. The van der Waals surface area contributed by atoms with Gasteiger partial charge in [-0.3, -0.25) is 9.59 Å². The lowest BCUT2D eigenvalue weighted by Gasteiger charge is -2.32. The number of nitrogens with zero attached hydrogens (tertiary/aromatic N) is 1. The maximum atomic E-state index is 12.5. The third-order valence-corrected chi connectivity index (χ3v) is 5.63. The molecule has 2 unspecified atom stereocenters. The molecule has 1 aliphatic heterocycles. The van der Waals surface area contributed by atoms with Crippen LogP contribution in [-0.4, -0.2) is 47.6 Å². The lowest BCUT2D eigenvalue weighted by atomic mass is 9.96. The van der Waals surface area contributed by atoms with Gasteiger partial charge in [0.05, 0.1) is 10.8 Å². The predicted octanol–water partition coefficient (Wildman–Crippen LogP) is 1.88. The minimum Gasteiger partial charge on any atom is -0.396 e. The van der Waals surface area contributed by atoms with E-state index in [9.17, 15) is 9.59 Å². The first-order valence-corrected chi connectivity index (χ1v) is 9.31. The molecule has 0 bridgehead atoms. The van der Waals surface area contributed by atoms with E-state index in [1.165, 1.54) is 11.3 Å². The SMILES string of the molecule is O=C(NC(CCO)C1CC1)C1CCCN(C(=O)c2cccs2)C1. The zero-order chi connectivity index (χ0) is 16.2. The number of likely N-dealkylation sites (tertiary alicyclic amines) is 1. The van der Waals surface area contributed by atoms with Gasteiger partial charge in [-0.05, 0) is 49.5 Å². The molecule has 0 spiro atoms. The molecule has 2 N–H and O–H groups in total. The van der Waals surface area contributed by atoms with Gasteiger partial charge in [0.15, 0.2) is 0 Å². The normalized spacial score (nSPS) is 22.7. The van der Waals surface area contributed by atoms with E-state index in [4.69, 9.17) is 5.11 Å². The summed E-state index contributed by atoms with van der Waals surface area (Å²) in [5.41, 5.74) is 0.